The minimum atomic E-state index is 0. The van der Waals surface area contributed by atoms with Gasteiger partial charge in [0.25, 0.3) is 0 Å². The molecule has 3 heteroatoms. The van der Waals surface area contributed by atoms with Gasteiger partial charge in [0.1, 0.15) is 5.75 Å². The van der Waals surface area contributed by atoms with Crippen LogP contribution >= 0.6 is 12.4 Å². The number of halogens is 1. The Morgan fingerprint density at radius 1 is 1.33 bits per heavy atom. The summed E-state index contributed by atoms with van der Waals surface area (Å²) in [6.45, 7) is 3.06. The molecule has 1 fully saturated rings. The molecule has 2 rings (SSSR count). The summed E-state index contributed by atoms with van der Waals surface area (Å²) >= 11 is 0. The third-order valence-electron chi connectivity index (χ3n) is 2.93. The Kier molecular flexibility index (Phi) is 4.43. The lowest BCUT2D eigenvalue weighted by Gasteiger charge is -2.24. The van der Waals surface area contributed by atoms with Gasteiger partial charge in [-0.3, -0.25) is 0 Å². The number of nitrogens with one attached hydrogen (secondary N) is 1. The van der Waals surface area contributed by atoms with E-state index in [1.54, 1.807) is 6.07 Å². The molecule has 1 aromatic carbocycles. The molecule has 0 aliphatic carbocycles. The molecule has 1 heterocycles. The standard InChI is InChI=1S/C12H17NO.ClH/c1-9-8-10(5-6-12(9)14)11-4-2-3-7-13-11;/h5-6,8,11,13-14H,2-4,7H2,1H3;1H/t11-;/m0./s1. The average Bonchev–Trinajstić information content (AvgIpc) is 2.23. The van der Waals surface area contributed by atoms with Crippen molar-refractivity contribution in [1.29, 1.82) is 0 Å². The zero-order chi connectivity index (χ0) is 9.97. The van der Waals surface area contributed by atoms with Gasteiger partial charge in [0.2, 0.25) is 0 Å². The Hall–Kier alpha value is -0.730. The molecule has 2 nitrogen and oxygen atoms in total. The molecule has 0 saturated carbocycles. The second kappa shape index (κ2) is 5.38. The van der Waals surface area contributed by atoms with Crippen molar-refractivity contribution in [3.05, 3.63) is 29.3 Å². The van der Waals surface area contributed by atoms with Crippen LogP contribution in [0.3, 0.4) is 0 Å². The Balaban J connectivity index is 0.00000112. The van der Waals surface area contributed by atoms with Crippen LogP contribution in [0.5, 0.6) is 5.75 Å². The van der Waals surface area contributed by atoms with E-state index in [4.69, 9.17) is 0 Å². The lowest BCUT2D eigenvalue weighted by atomic mass is 9.96. The molecule has 1 aliphatic heterocycles. The first-order chi connectivity index (χ1) is 6.77. The molecule has 84 valence electrons. The third kappa shape index (κ3) is 2.86. The smallest absolute Gasteiger partial charge is 0.118 e. The summed E-state index contributed by atoms with van der Waals surface area (Å²) in [4.78, 5) is 0. The van der Waals surface area contributed by atoms with Gasteiger partial charge in [-0.05, 0) is 43.5 Å². The fraction of sp³-hybridized carbons (Fsp3) is 0.500. The second-order valence-corrected chi connectivity index (χ2v) is 4.05. The minimum absolute atomic E-state index is 0. The number of piperidine rings is 1. The van der Waals surface area contributed by atoms with Crippen LogP contribution in [0.2, 0.25) is 0 Å². The highest BCUT2D eigenvalue weighted by Gasteiger charge is 2.14. The van der Waals surface area contributed by atoms with Crippen LogP contribution in [0.25, 0.3) is 0 Å². The lowest BCUT2D eigenvalue weighted by Crippen LogP contribution is -2.26. The highest BCUT2D eigenvalue weighted by Crippen LogP contribution is 2.26. The van der Waals surface area contributed by atoms with E-state index in [0.29, 0.717) is 11.8 Å². The molecule has 0 radical (unpaired) electrons. The van der Waals surface area contributed by atoms with Gasteiger partial charge >= 0.3 is 0 Å². The summed E-state index contributed by atoms with van der Waals surface area (Å²) in [6.07, 6.45) is 3.80. The van der Waals surface area contributed by atoms with Crippen molar-refractivity contribution in [3.63, 3.8) is 0 Å². The Morgan fingerprint density at radius 2 is 2.13 bits per heavy atom. The van der Waals surface area contributed by atoms with Crippen LogP contribution in [0.1, 0.15) is 36.4 Å². The monoisotopic (exact) mass is 227 g/mol. The van der Waals surface area contributed by atoms with Crippen molar-refractivity contribution in [2.45, 2.75) is 32.2 Å². The number of aryl methyl sites for hydroxylation is 1. The van der Waals surface area contributed by atoms with E-state index in [1.807, 2.05) is 13.0 Å². The Labute approximate surface area is 97.1 Å². The number of phenols is 1. The van der Waals surface area contributed by atoms with Crippen LogP contribution in [-0.4, -0.2) is 11.7 Å². The van der Waals surface area contributed by atoms with Crippen molar-refractivity contribution < 1.29 is 5.11 Å². The van der Waals surface area contributed by atoms with E-state index in [0.717, 1.165) is 12.1 Å². The third-order valence-corrected chi connectivity index (χ3v) is 2.93. The summed E-state index contributed by atoms with van der Waals surface area (Å²) < 4.78 is 0. The molecule has 1 aromatic rings. The van der Waals surface area contributed by atoms with Crippen molar-refractivity contribution >= 4 is 12.4 Å². The van der Waals surface area contributed by atoms with Gasteiger partial charge in [-0.1, -0.05) is 18.6 Å². The van der Waals surface area contributed by atoms with Crippen LogP contribution in [-0.2, 0) is 0 Å². The largest absolute Gasteiger partial charge is 0.508 e. The Morgan fingerprint density at radius 3 is 2.73 bits per heavy atom. The first kappa shape index (κ1) is 12.3. The SMILES string of the molecule is Cc1cc([C@@H]2CCCCN2)ccc1O.Cl. The number of hydrogen-bond donors (Lipinski definition) is 2. The molecule has 0 bridgehead atoms. The van der Waals surface area contributed by atoms with Gasteiger partial charge in [-0.25, -0.2) is 0 Å². The fourth-order valence-electron chi connectivity index (χ4n) is 2.03. The molecule has 2 N–H and O–H groups in total. The van der Waals surface area contributed by atoms with Crippen LogP contribution in [0.4, 0.5) is 0 Å². The normalized spacial score (nSPS) is 20.7. The molecular formula is C12H18ClNO. The Bertz CT molecular complexity index is 321. The first-order valence-corrected chi connectivity index (χ1v) is 5.30. The van der Waals surface area contributed by atoms with Crippen molar-refractivity contribution in [2.24, 2.45) is 0 Å². The van der Waals surface area contributed by atoms with Gasteiger partial charge < -0.3 is 10.4 Å². The average molecular weight is 228 g/mol. The lowest BCUT2D eigenvalue weighted by molar-refractivity contribution is 0.411. The van der Waals surface area contributed by atoms with Crippen molar-refractivity contribution in [2.75, 3.05) is 6.54 Å². The predicted molar refractivity (Wildman–Crippen MR) is 64.7 cm³/mol. The van der Waals surface area contributed by atoms with Gasteiger partial charge in [-0.2, -0.15) is 0 Å². The quantitative estimate of drug-likeness (QED) is 0.773. The van der Waals surface area contributed by atoms with E-state index in [1.165, 1.54) is 24.8 Å². The molecule has 0 amide bonds. The molecule has 1 atom stereocenters. The van der Waals surface area contributed by atoms with Crippen molar-refractivity contribution in [3.8, 4) is 5.75 Å². The van der Waals surface area contributed by atoms with Crippen molar-refractivity contribution in [1.82, 2.24) is 5.32 Å². The van der Waals surface area contributed by atoms with Gasteiger partial charge in [0.15, 0.2) is 0 Å². The van der Waals surface area contributed by atoms with Crippen LogP contribution < -0.4 is 5.32 Å². The molecular weight excluding hydrogens is 210 g/mol. The van der Waals surface area contributed by atoms with Gasteiger partial charge in [0.05, 0.1) is 0 Å². The van der Waals surface area contributed by atoms with E-state index >= 15 is 0 Å². The first-order valence-electron chi connectivity index (χ1n) is 5.30. The molecule has 0 unspecified atom stereocenters. The van der Waals surface area contributed by atoms with E-state index in [-0.39, 0.29) is 12.4 Å². The van der Waals surface area contributed by atoms with Gasteiger partial charge in [0, 0.05) is 6.04 Å². The second-order valence-electron chi connectivity index (χ2n) is 4.05. The number of phenolic OH excluding ortho intramolecular Hbond substituents is 1. The van der Waals surface area contributed by atoms with E-state index in [9.17, 15) is 5.11 Å². The predicted octanol–water partition coefficient (Wildman–Crippen LogP) is 2.94. The summed E-state index contributed by atoms with van der Waals surface area (Å²) in [7, 11) is 0. The number of rotatable bonds is 1. The highest BCUT2D eigenvalue weighted by molar-refractivity contribution is 5.85. The maximum atomic E-state index is 9.42. The molecule has 0 aromatic heterocycles. The summed E-state index contributed by atoms with van der Waals surface area (Å²) in [6, 6.07) is 6.38. The topological polar surface area (TPSA) is 32.3 Å². The van der Waals surface area contributed by atoms with E-state index < -0.39 is 0 Å². The summed E-state index contributed by atoms with van der Waals surface area (Å²) in [5.74, 6) is 0.393. The molecule has 1 aliphatic rings. The highest BCUT2D eigenvalue weighted by atomic mass is 35.5. The summed E-state index contributed by atoms with van der Waals surface area (Å²) in [5.41, 5.74) is 2.27. The minimum Gasteiger partial charge on any atom is -0.508 e. The molecule has 15 heavy (non-hydrogen) atoms. The summed E-state index contributed by atoms with van der Waals surface area (Å²) in [5, 5.41) is 12.9. The van der Waals surface area contributed by atoms with Crippen LogP contribution in [0, 0.1) is 6.92 Å². The number of aromatic hydroxyl groups is 1. The zero-order valence-corrected chi connectivity index (χ0v) is 9.81. The van der Waals surface area contributed by atoms with Gasteiger partial charge in [-0.15, -0.1) is 12.4 Å². The molecule has 1 saturated heterocycles. The maximum absolute atomic E-state index is 9.42. The molecule has 0 spiro atoms. The number of hydrogen-bond acceptors (Lipinski definition) is 2. The zero-order valence-electron chi connectivity index (χ0n) is 8.99. The number of benzene rings is 1. The van der Waals surface area contributed by atoms with E-state index in [2.05, 4.69) is 11.4 Å². The van der Waals surface area contributed by atoms with Crippen LogP contribution in [0.15, 0.2) is 18.2 Å². The fourth-order valence-corrected chi connectivity index (χ4v) is 2.03. The maximum Gasteiger partial charge on any atom is 0.118 e.